The highest BCUT2D eigenvalue weighted by atomic mass is 32.1. The molecule has 2 aromatic rings. The summed E-state index contributed by atoms with van der Waals surface area (Å²) >= 11 is 1.52. The zero-order valence-electron chi connectivity index (χ0n) is 15.0. The van der Waals surface area contributed by atoms with Crippen LogP contribution in [0.2, 0.25) is 0 Å². The van der Waals surface area contributed by atoms with E-state index in [1.165, 1.54) is 11.3 Å². The van der Waals surface area contributed by atoms with E-state index in [0.29, 0.717) is 11.4 Å². The Morgan fingerprint density at radius 2 is 2.08 bits per heavy atom. The highest BCUT2D eigenvalue weighted by molar-refractivity contribution is 7.09. The van der Waals surface area contributed by atoms with Gasteiger partial charge in [-0.1, -0.05) is 12.1 Å². The monoisotopic (exact) mass is 363 g/mol. The number of hydrogen-bond donors (Lipinski definition) is 3. The number of thiazole rings is 1. The van der Waals surface area contributed by atoms with Gasteiger partial charge in [-0.05, 0) is 44.9 Å². The van der Waals surface area contributed by atoms with Gasteiger partial charge in [-0.2, -0.15) is 0 Å². The SMILES string of the molecule is CNC(=O)COc1ccc(CC(C)NC(C)(O)c2csc(C)n2)cc1. The number of aryl methyl sites for hydroxylation is 1. The maximum atomic E-state index is 11.2. The van der Waals surface area contributed by atoms with Crippen LogP contribution in [0.25, 0.3) is 0 Å². The second-order valence-electron chi connectivity index (χ2n) is 6.18. The summed E-state index contributed by atoms with van der Waals surface area (Å²) in [5.74, 6) is 0.485. The first-order valence-electron chi connectivity index (χ1n) is 8.15. The molecule has 1 heterocycles. The fourth-order valence-electron chi connectivity index (χ4n) is 2.49. The van der Waals surface area contributed by atoms with Crippen LogP contribution in [0.4, 0.5) is 0 Å². The smallest absolute Gasteiger partial charge is 0.257 e. The molecule has 2 unspecified atom stereocenters. The third kappa shape index (κ3) is 5.81. The van der Waals surface area contributed by atoms with E-state index >= 15 is 0 Å². The van der Waals surface area contributed by atoms with E-state index in [2.05, 4.69) is 15.6 Å². The van der Waals surface area contributed by atoms with Gasteiger partial charge in [-0.25, -0.2) is 4.98 Å². The maximum Gasteiger partial charge on any atom is 0.257 e. The predicted molar refractivity (Wildman–Crippen MR) is 98.7 cm³/mol. The Morgan fingerprint density at radius 1 is 1.40 bits per heavy atom. The maximum absolute atomic E-state index is 11.2. The van der Waals surface area contributed by atoms with Crippen LogP contribution in [-0.2, 0) is 16.9 Å². The summed E-state index contributed by atoms with van der Waals surface area (Å²) in [7, 11) is 1.57. The average Bonchev–Trinajstić information content (AvgIpc) is 3.00. The Kier molecular flexibility index (Phi) is 6.52. The number of rotatable bonds is 8. The van der Waals surface area contributed by atoms with Gasteiger partial charge >= 0.3 is 0 Å². The van der Waals surface area contributed by atoms with Gasteiger partial charge in [0.05, 0.1) is 10.7 Å². The number of benzene rings is 1. The van der Waals surface area contributed by atoms with Crippen molar-refractivity contribution in [2.75, 3.05) is 13.7 Å². The molecule has 0 aliphatic heterocycles. The lowest BCUT2D eigenvalue weighted by molar-refractivity contribution is -0.122. The summed E-state index contributed by atoms with van der Waals surface area (Å²) in [5, 5.41) is 19.1. The minimum atomic E-state index is -1.17. The molecule has 25 heavy (non-hydrogen) atoms. The minimum absolute atomic E-state index is 0.00370. The Balaban J connectivity index is 1.89. The third-order valence-corrected chi connectivity index (χ3v) is 4.53. The quantitative estimate of drug-likeness (QED) is 0.625. The number of carbonyl (C=O) groups is 1. The van der Waals surface area contributed by atoms with Crippen molar-refractivity contribution in [1.29, 1.82) is 0 Å². The lowest BCUT2D eigenvalue weighted by Gasteiger charge is -2.27. The van der Waals surface area contributed by atoms with Crippen LogP contribution in [0, 0.1) is 6.92 Å². The van der Waals surface area contributed by atoms with Gasteiger partial charge in [-0.15, -0.1) is 11.3 Å². The summed E-state index contributed by atoms with van der Waals surface area (Å²) < 4.78 is 5.38. The second kappa shape index (κ2) is 8.42. The van der Waals surface area contributed by atoms with Gasteiger partial charge in [0.1, 0.15) is 5.75 Å². The van der Waals surface area contributed by atoms with Crippen LogP contribution in [0.3, 0.4) is 0 Å². The molecule has 0 fully saturated rings. The molecule has 0 aliphatic rings. The van der Waals surface area contributed by atoms with Gasteiger partial charge in [0.25, 0.3) is 5.91 Å². The summed E-state index contributed by atoms with van der Waals surface area (Å²) in [5.41, 5.74) is 0.582. The molecule has 0 saturated carbocycles. The van der Waals surface area contributed by atoms with Crippen molar-refractivity contribution < 1.29 is 14.6 Å². The lowest BCUT2D eigenvalue weighted by atomic mass is 10.0. The largest absolute Gasteiger partial charge is 0.484 e. The van der Waals surface area contributed by atoms with Crippen LogP contribution in [0.5, 0.6) is 5.75 Å². The fourth-order valence-corrected chi connectivity index (χ4v) is 3.20. The van der Waals surface area contributed by atoms with Crippen molar-refractivity contribution in [1.82, 2.24) is 15.6 Å². The van der Waals surface area contributed by atoms with Crippen molar-refractivity contribution in [3.63, 3.8) is 0 Å². The van der Waals surface area contributed by atoms with Crippen molar-refractivity contribution in [3.8, 4) is 5.75 Å². The first-order valence-corrected chi connectivity index (χ1v) is 9.03. The lowest BCUT2D eigenvalue weighted by Crippen LogP contribution is -2.45. The number of ether oxygens (including phenoxy) is 1. The second-order valence-corrected chi connectivity index (χ2v) is 7.24. The van der Waals surface area contributed by atoms with Crippen LogP contribution in [-0.4, -0.2) is 35.7 Å². The molecule has 3 N–H and O–H groups in total. The van der Waals surface area contributed by atoms with Gasteiger partial charge < -0.3 is 15.2 Å². The Morgan fingerprint density at radius 3 is 2.64 bits per heavy atom. The van der Waals surface area contributed by atoms with Crippen molar-refractivity contribution in [2.45, 2.75) is 39.0 Å². The molecule has 136 valence electrons. The molecule has 1 aromatic heterocycles. The number of aliphatic hydroxyl groups is 1. The van der Waals surface area contributed by atoms with E-state index < -0.39 is 5.72 Å². The van der Waals surface area contributed by atoms with E-state index in [4.69, 9.17) is 4.74 Å². The van der Waals surface area contributed by atoms with Crippen LogP contribution < -0.4 is 15.4 Å². The summed E-state index contributed by atoms with van der Waals surface area (Å²) in [6.07, 6.45) is 0.745. The molecule has 6 nitrogen and oxygen atoms in total. The molecular weight excluding hydrogens is 338 g/mol. The van der Waals surface area contributed by atoms with Crippen molar-refractivity contribution in [2.24, 2.45) is 0 Å². The fraction of sp³-hybridized carbons (Fsp3) is 0.444. The van der Waals surface area contributed by atoms with Crippen molar-refractivity contribution >= 4 is 17.2 Å². The Labute approximate surface area is 152 Å². The normalized spacial score (nSPS) is 14.6. The van der Waals surface area contributed by atoms with Gasteiger partial charge in [-0.3, -0.25) is 10.1 Å². The molecule has 1 aromatic carbocycles. The number of aromatic nitrogens is 1. The number of nitrogens with zero attached hydrogens (tertiary/aromatic N) is 1. The molecule has 0 radical (unpaired) electrons. The molecule has 2 rings (SSSR count). The Hall–Kier alpha value is -1.96. The standard InChI is InChI=1S/C18H25N3O3S/c1-12(21-18(3,23)16-11-25-13(2)20-16)9-14-5-7-15(8-6-14)24-10-17(22)19-4/h5-8,11-12,21,23H,9-10H2,1-4H3,(H,19,22). The minimum Gasteiger partial charge on any atom is -0.484 e. The number of carbonyl (C=O) groups excluding carboxylic acids is 1. The highest BCUT2D eigenvalue weighted by Gasteiger charge is 2.27. The molecular formula is C18H25N3O3S. The van der Waals surface area contributed by atoms with E-state index in [1.54, 1.807) is 14.0 Å². The molecule has 1 amide bonds. The molecule has 0 saturated heterocycles. The summed E-state index contributed by atoms with van der Waals surface area (Å²) in [6, 6.07) is 7.65. The average molecular weight is 363 g/mol. The van der Waals surface area contributed by atoms with Gasteiger partial charge in [0, 0.05) is 18.5 Å². The van der Waals surface area contributed by atoms with Gasteiger partial charge in [0.2, 0.25) is 0 Å². The van der Waals surface area contributed by atoms with E-state index in [-0.39, 0.29) is 18.6 Å². The third-order valence-electron chi connectivity index (χ3n) is 3.76. The Bertz CT molecular complexity index is 698. The number of likely N-dealkylation sites (N-methyl/N-ethyl adjacent to an activating group) is 1. The summed E-state index contributed by atoms with van der Waals surface area (Å²) in [4.78, 5) is 15.5. The number of nitrogens with one attached hydrogen (secondary N) is 2. The van der Waals surface area contributed by atoms with Gasteiger partial charge in [0.15, 0.2) is 12.3 Å². The topological polar surface area (TPSA) is 83.5 Å². The first-order chi connectivity index (χ1) is 11.8. The number of amides is 1. The zero-order valence-corrected chi connectivity index (χ0v) is 15.8. The van der Waals surface area contributed by atoms with Crippen LogP contribution in [0.15, 0.2) is 29.6 Å². The molecule has 0 aliphatic carbocycles. The highest BCUT2D eigenvalue weighted by Crippen LogP contribution is 2.21. The zero-order chi connectivity index (χ0) is 18.4. The molecule has 0 spiro atoms. The van der Waals surface area contributed by atoms with E-state index in [0.717, 1.165) is 17.0 Å². The molecule has 0 bridgehead atoms. The first kappa shape index (κ1) is 19.4. The summed E-state index contributed by atoms with van der Waals surface area (Å²) in [6.45, 7) is 5.66. The van der Waals surface area contributed by atoms with Crippen LogP contribution in [0.1, 0.15) is 30.1 Å². The van der Waals surface area contributed by atoms with E-state index in [9.17, 15) is 9.90 Å². The number of hydrogen-bond acceptors (Lipinski definition) is 6. The molecule has 7 heteroatoms. The molecule has 2 atom stereocenters. The van der Waals surface area contributed by atoms with E-state index in [1.807, 2.05) is 43.5 Å². The predicted octanol–water partition coefficient (Wildman–Crippen LogP) is 1.96. The van der Waals surface area contributed by atoms with Crippen LogP contribution >= 0.6 is 11.3 Å². The van der Waals surface area contributed by atoms with Crippen molar-refractivity contribution in [3.05, 3.63) is 45.9 Å².